The van der Waals surface area contributed by atoms with Gasteiger partial charge in [0, 0.05) is 18.7 Å². The zero-order valence-electron chi connectivity index (χ0n) is 20.5. The van der Waals surface area contributed by atoms with E-state index in [0.717, 1.165) is 23.5 Å². The fraction of sp³-hybridized carbons (Fsp3) is 0.333. The highest BCUT2D eigenvalue weighted by atomic mass is 16.5. The number of carbonyl (C=O) groups excluding carboxylic acids is 1. The molecule has 1 aliphatic rings. The Labute approximate surface area is 210 Å². The summed E-state index contributed by atoms with van der Waals surface area (Å²) in [5.74, 6) is 2.74. The van der Waals surface area contributed by atoms with Crippen LogP contribution >= 0.6 is 0 Å². The maximum Gasteiger partial charge on any atom is 0.239 e. The lowest BCUT2D eigenvalue weighted by Gasteiger charge is -2.22. The van der Waals surface area contributed by atoms with E-state index in [4.69, 9.17) is 21.2 Å². The Balaban J connectivity index is 1.36. The van der Waals surface area contributed by atoms with E-state index < -0.39 is 6.04 Å². The molecule has 2 atom stereocenters. The van der Waals surface area contributed by atoms with Crippen LogP contribution in [0.15, 0.2) is 60.8 Å². The predicted octanol–water partition coefficient (Wildman–Crippen LogP) is 4.01. The van der Waals surface area contributed by atoms with Gasteiger partial charge in [-0.25, -0.2) is 14.6 Å². The van der Waals surface area contributed by atoms with Crippen molar-refractivity contribution in [2.45, 2.75) is 38.8 Å². The van der Waals surface area contributed by atoms with Gasteiger partial charge >= 0.3 is 0 Å². The molecule has 0 unspecified atom stereocenters. The lowest BCUT2D eigenvalue weighted by molar-refractivity contribution is -0.132. The Morgan fingerprint density at radius 3 is 2.53 bits per heavy atom. The van der Waals surface area contributed by atoms with E-state index in [1.165, 1.54) is 0 Å². The van der Waals surface area contributed by atoms with E-state index in [-0.39, 0.29) is 11.9 Å². The second-order valence-electron chi connectivity index (χ2n) is 9.66. The summed E-state index contributed by atoms with van der Waals surface area (Å²) in [5.41, 5.74) is 13.9. The first-order valence-corrected chi connectivity index (χ1v) is 12.3. The molecule has 0 aliphatic carbocycles. The van der Waals surface area contributed by atoms with Crippen molar-refractivity contribution < 1.29 is 9.53 Å². The SMILES string of the molecule is CC(C)C[C@@H](N)C(=O)N1CC[C@@H](n2ncc3c(N)nc(-c4ccc(Oc5ccccc5)cc4)nc32)C1. The van der Waals surface area contributed by atoms with Crippen LogP contribution in [0.25, 0.3) is 22.4 Å². The smallest absolute Gasteiger partial charge is 0.239 e. The van der Waals surface area contributed by atoms with E-state index in [0.29, 0.717) is 48.1 Å². The number of hydrogen-bond donors (Lipinski definition) is 2. The lowest BCUT2D eigenvalue weighted by Crippen LogP contribution is -2.43. The second-order valence-corrected chi connectivity index (χ2v) is 9.66. The minimum atomic E-state index is -0.475. The van der Waals surface area contributed by atoms with Crippen molar-refractivity contribution in [2.75, 3.05) is 18.8 Å². The number of nitrogen functional groups attached to an aromatic ring is 1. The van der Waals surface area contributed by atoms with Gasteiger partial charge in [0.2, 0.25) is 5.91 Å². The fourth-order valence-corrected chi connectivity index (χ4v) is 4.63. The number of hydrogen-bond acceptors (Lipinski definition) is 7. The average molecular weight is 486 g/mol. The third kappa shape index (κ3) is 4.87. The summed E-state index contributed by atoms with van der Waals surface area (Å²) in [6, 6.07) is 16.7. The van der Waals surface area contributed by atoms with Gasteiger partial charge in [-0.2, -0.15) is 5.10 Å². The van der Waals surface area contributed by atoms with E-state index in [1.807, 2.05) is 64.2 Å². The van der Waals surface area contributed by atoms with Gasteiger partial charge in [-0.05, 0) is 55.2 Å². The van der Waals surface area contributed by atoms with Crippen molar-refractivity contribution >= 4 is 22.8 Å². The molecule has 1 amide bonds. The molecule has 9 nitrogen and oxygen atoms in total. The molecule has 3 heterocycles. The average Bonchev–Trinajstić information content (AvgIpc) is 3.52. The summed E-state index contributed by atoms with van der Waals surface area (Å²) in [6.07, 6.45) is 3.15. The topological polar surface area (TPSA) is 125 Å². The molecular weight excluding hydrogens is 454 g/mol. The highest BCUT2D eigenvalue weighted by Gasteiger charge is 2.32. The number of nitrogens with two attached hydrogens (primary N) is 2. The van der Waals surface area contributed by atoms with Crippen molar-refractivity contribution in [1.29, 1.82) is 0 Å². The zero-order valence-corrected chi connectivity index (χ0v) is 20.5. The van der Waals surface area contributed by atoms with Crippen LogP contribution in [0, 0.1) is 5.92 Å². The molecule has 0 bridgehead atoms. The van der Waals surface area contributed by atoms with Crippen LogP contribution in [0.5, 0.6) is 11.5 Å². The number of fused-ring (bicyclic) bond motifs is 1. The highest BCUT2D eigenvalue weighted by Crippen LogP contribution is 2.30. The van der Waals surface area contributed by atoms with Gasteiger partial charge < -0.3 is 21.1 Å². The molecule has 36 heavy (non-hydrogen) atoms. The van der Waals surface area contributed by atoms with Crippen molar-refractivity contribution in [3.8, 4) is 22.9 Å². The molecule has 0 saturated carbocycles. The fourth-order valence-electron chi connectivity index (χ4n) is 4.63. The number of nitrogens with zero attached hydrogens (tertiary/aromatic N) is 5. The highest BCUT2D eigenvalue weighted by molar-refractivity contribution is 5.87. The van der Waals surface area contributed by atoms with Crippen molar-refractivity contribution in [1.82, 2.24) is 24.6 Å². The van der Waals surface area contributed by atoms with Gasteiger partial charge in [0.15, 0.2) is 11.5 Å². The molecule has 9 heteroatoms. The molecule has 1 fully saturated rings. The quantitative estimate of drug-likeness (QED) is 0.405. The van der Waals surface area contributed by atoms with Crippen LogP contribution in [0.3, 0.4) is 0 Å². The van der Waals surface area contributed by atoms with E-state index in [1.54, 1.807) is 6.20 Å². The summed E-state index contributed by atoms with van der Waals surface area (Å²) in [5, 5.41) is 5.26. The van der Waals surface area contributed by atoms with E-state index in [2.05, 4.69) is 23.9 Å². The largest absolute Gasteiger partial charge is 0.457 e. The number of benzene rings is 2. The number of ether oxygens (including phenoxy) is 1. The summed E-state index contributed by atoms with van der Waals surface area (Å²) in [7, 11) is 0. The van der Waals surface area contributed by atoms with Crippen LogP contribution in [0.2, 0.25) is 0 Å². The third-order valence-corrected chi connectivity index (χ3v) is 6.44. The summed E-state index contributed by atoms with van der Waals surface area (Å²) in [6.45, 7) is 5.34. The first-order chi connectivity index (χ1) is 17.4. The van der Waals surface area contributed by atoms with Crippen LogP contribution in [-0.2, 0) is 4.79 Å². The van der Waals surface area contributed by atoms with Gasteiger partial charge in [0.05, 0.1) is 23.7 Å². The molecule has 0 radical (unpaired) electrons. The Kier molecular flexibility index (Phi) is 6.56. The van der Waals surface area contributed by atoms with Gasteiger partial charge in [-0.15, -0.1) is 0 Å². The number of amides is 1. The van der Waals surface area contributed by atoms with Crippen molar-refractivity contribution in [2.24, 2.45) is 11.7 Å². The minimum Gasteiger partial charge on any atom is -0.457 e. The Morgan fingerprint density at radius 1 is 1.08 bits per heavy atom. The first kappa shape index (κ1) is 23.7. The molecule has 4 N–H and O–H groups in total. The zero-order chi connectivity index (χ0) is 25.2. The van der Waals surface area contributed by atoms with Gasteiger partial charge in [0.25, 0.3) is 0 Å². The normalized spacial score (nSPS) is 16.6. The number of para-hydroxylation sites is 1. The molecule has 186 valence electrons. The van der Waals surface area contributed by atoms with Crippen LogP contribution < -0.4 is 16.2 Å². The van der Waals surface area contributed by atoms with E-state index in [9.17, 15) is 4.79 Å². The first-order valence-electron chi connectivity index (χ1n) is 12.3. The molecular formula is C27H31N7O2. The number of likely N-dealkylation sites (tertiary alicyclic amines) is 1. The molecule has 4 aromatic rings. The molecule has 0 spiro atoms. The molecule has 2 aromatic heterocycles. The Bertz CT molecular complexity index is 1350. The predicted molar refractivity (Wildman–Crippen MR) is 139 cm³/mol. The maximum absolute atomic E-state index is 12.8. The van der Waals surface area contributed by atoms with Crippen molar-refractivity contribution in [3.63, 3.8) is 0 Å². The van der Waals surface area contributed by atoms with Crippen LogP contribution in [0.1, 0.15) is 32.7 Å². The number of aromatic nitrogens is 4. The standard InChI is InChI=1S/C27H31N7O2/c1-17(2)14-23(28)27(35)33-13-12-19(16-33)34-26-22(15-30-34)24(29)31-25(32-26)18-8-10-21(11-9-18)36-20-6-4-3-5-7-20/h3-11,15,17,19,23H,12-14,16,28H2,1-2H3,(H2,29,31,32)/t19-,23-/m1/s1. The summed E-state index contributed by atoms with van der Waals surface area (Å²) < 4.78 is 7.75. The van der Waals surface area contributed by atoms with Gasteiger partial charge in [-0.3, -0.25) is 4.79 Å². The Morgan fingerprint density at radius 2 is 1.81 bits per heavy atom. The van der Waals surface area contributed by atoms with Gasteiger partial charge in [-0.1, -0.05) is 32.0 Å². The monoisotopic (exact) mass is 485 g/mol. The number of carbonyl (C=O) groups is 1. The van der Waals surface area contributed by atoms with Crippen LogP contribution in [-0.4, -0.2) is 49.7 Å². The van der Waals surface area contributed by atoms with E-state index >= 15 is 0 Å². The number of rotatable bonds is 7. The molecule has 5 rings (SSSR count). The lowest BCUT2D eigenvalue weighted by atomic mass is 10.0. The third-order valence-electron chi connectivity index (χ3n) is 6.44. The summed E-state index contributed by atoms with van der Waals surface area (Å²) in [4.78, 5) is 24.0. The summed E-state index contributed by atoms with van der Waals surface area (Å²) >= 11 is 0. The van der Waals surface area contributed by atoms with Gasteiger partial charge in [0.1, 0.15) is 17.3 Å². The maximum atomic E-state index is 12.8. The number of anilines is 1. The van der Waals surface area contributed by atoms with Crippen molar-refractivity contribution in [3.05, 3.63) is 60.8 Å². The van der Waals surface area contributed by atoms with Crippen LogP contribution in [0.4, 0.5) is 5.82 Å². The molecule has 1 aliphatic heterocycles. The minimum absolute atomic E-state index is 0.00139. The Hall–Kier alpha value is -3.98. The molecule has 2 aromatic carbocycles. The molecule has 1 saturated heterocycles. The second kappa shape index (κ2) is 9.94.